The topological polar surface area (TPSA) is 42.1 Å². The molecule has 19 heavy (non-hydrogen) atoms. The largest absolute Gasteiger partial charge is 0.353 e. The number of pyridine rings is 1. The molecule has 0 amide bonds. The van der Waals surface area contributed by atoms with E-state index in [1.165, 1.54) is 6.07 Å². The molecule has 1 aromatic heterocycles. The number of hydrogen-bond acceptors (Lipinski definition) is 3. The molecular formula is C14H15BrFN3. The zero-order valence-corrected chi connectivity index (χ0v) is 12.2. The molecule has 3 nitrogen and oxygen atoms in total. The van der Waals surface area contributed by atoms with Crippen LogP contribution in [-0.2, 0) is 13.1 Å². The predicted octanol–water partition coefficient (Wildman–Crippen LogP) is 3.08. The molecule has 5 heteroatoms. The van der Waals surface area contributed by atoms with Crippen LogP contribution < -0.4 is 10.6 Å². The lowest BCUT2D eigenvalue weighted by Crippen LogP contribution is -2.19. The van der Waals surface area contributed by atoms with Gasteiger partial charge in [0.1, 0.15) is 0 Å². The number of halogens is 2. The van der Waals surface area contributed by atoms with Crippen LogP contribution in [0.5, 0.6) is 0 Å². The number of anilines is 1. The minimum Gasteiger partial charge on any atom is -0.353 e. The normalized spacial score (nSPS) is 10.5. The van der Waals surface area contributed by atoms with E-state index in [2.05, 4.69) is 20.9 Å². The SMILES string of the molecule is CN(Cc1cccc(CN)c1)c1ncc(Br)cc1F. The minimum absolute atomic E-state index is 0.335. The van der Waals surface area contributed by atoms with Crippen LogP contribution in [0.3, 0.4) is 0 Å². The van der Waals surface area contributed by atoms with Gasteiger partial charge in [0.25, 0.3) is 0 Å². The highest BCUT2D eigenvalue weighted by atomic mass is 79.9. The van der Waals surface area contributed by atoms with Crippen LogP contribution in [-0.4, -0.2) is 12.0 Å². The van der Waals surface area contributed by atoms with Crippen molar-refractivity contribution in [2.75, 3.05) is 11.9 Å². The Bertz CT molecular complexity index is 574. The molecular weight excluding hydrogens is 309 g/mol. The summed E-state index contributed by atoms with van der Waals surface area (Å²) in [6.45, 7) is 1.09. The van der Waals surface area contributed by atoms with E-state index in [1.807, 2.05) is 31.3 Å². The van der Waals surface area contributed by atoms with Crippen molar-refractivity contribution in [3.8, 4) is 0 Å². The second-order valence-corrected chi connectivity index (χ2v) is 5.25. The summed E-state index contributed by atoms with van der Waals surface area (Å²) in [5, 5.41) is 0. The molecule has 2 N–H and O–H groups in total. The van der Waals surface area contributed by atoms with Gasteiger partial charge in [-0.3, -0.25) is 0 Å². The number of benzene rings is 1. The molecule has 0 radical (unpaired) electrons. The van der Waals surface area contributed by atoms with Gasteiger partial charge in [-0.25, -0.2) is 9.37 Å². The number of rotatable bonds is 4. The van der Waals surface area contributed by atoms with Gasteiger partial charge in [0.05, 0.1) is 0 Å². The van der Waals surface area contributed by atoms with Crippen molar-refractivity contribution in [2.45, 2.75) is 13.1 Å². The Labute approximate surface area is 120 Å². The number of hydrogen-bond donors (Lipinski definition) is 1. The van der Waals surface area contributed by atoms with Crippen LogP contribution in [0.1, 0.15) is 11.1 Å². The Morgan fingerprint density at radius 2 is 2.05 bits per heavy atom. The third-order valence-electron chi connectivity index (χ3n) is 2.80. The molecule has 100 valence electrons. The smallest absolute Gasteiger partial charge is 0.166 e. The first-order valence-electron chi connectivity index (χ1n) is 5.90. The molecule has 0 bridgehead atoms. The maximum absolute atomic E-state index is 13.8. The summed E-state index contributed by atoms with van der Waals surface area (Å²) in [6.07, 6.45) is 1.59. The van der Waals surface area contributed by atoms with Gasteiger partial charge < -0.3 is 10.6 Å². The molecule has 0 fully saturated rings. The molecule has 0 saturated carbocycles. The highest BCUT2D eigenvalue weighted by Crippen LogP contribution is 2.20. The summed E-state index contributed by atoms with van der Waals surface area (Å²) < 4.78 is 14.4. The first kappa shape index (κ1) is 14.0. The number of nitrogens with zero attached hydrogens (tertiary/aromatic N) is 2. The van der Waals surface area contributed by atoms with Gasteiger partial charge in [-0.15, -0.1) is 0 Å². The maximum Gasteiger partial charge on any atom is 0.166 e. The molecule has 0 aliphatic carbocycles. The molecule has 1 heterocycles. The lowest BCUT2D eigenvalue weighted by Gasteiger charge is -2.19. The molecule has 2 rings (SSSR count). The Morgan fingerprint density at radius 3 is 2.74 bits per heavy atom. The first-order chi connectivity index (χ1) is 9.10. The average Bonchev–Trinajstić information content (AvgIpc) is 2.38. The zero-order valence-electron chi connectivity index (χ0n) is 10.6. The predicted molar refractivity (Wildman–Crippen MR) is 78.3 cm³/mol. The van der Waals surface area contributed by atoms with E-state index in [0.29, 0.717) is 23.4 Å². The van der Waals surface area contributed by atoms with Crippen LogP contribution in [0.2, 0.25) is 0 Å². The minimum atomic E-state index is -0.341. The Hall–Kier alpha value is -1.46. The van der Waals surface area contributed by atoms with Crippen LogP contribution in [0, 0.1) is 5.82 Å². The summed E-state index contributed by atoms with van der Waals surface area (Å²) >= 11 is 3.20. The van der Waals surface area contributed by atoms with Crippen LogP contribution >= 0.6 is 15.9 Å². The van der Waals surface area contributed by atoms with E-state index >= 15 is 0 Å². The van der Waals surface area contributed by atoms with Crippen molar-refractivity contribution < 1.29 is 4.39 Å². The highest BCUT2D eigenvalue weighted by molar-refractivity contribution is 9.10. The molecule has 0 aliphatic heterocycles. The van der Waals surface area contributed by atoms with Crippen LogP contribution in [0.25, 0.3) is 0 Å². The summed E-state index contributed by atoms with van der Waals surface area (Å²) in [7, 11) is 1.81. The fraction of sp³-hybridized carbons (Fsp3) is 0.214. The van der Waals surface area contributed by atoms with Crippen molar-refractivity contribution in [2.24, 2.45) is 5.73 Å². The van der Waals surface area contributed by atoms with Gasteiger partial charge in [0.2, 0.25) is 0 Å². The van der Waals surface area contributed by atoms with E-state index in [-0.39, 0.29) is 5.82 Å². The molecule has 0 aliphatic rings. The molecule has 1 aromatic carbocycles. The van der Waals surface area contributed by atoms with Crippen molar-refractivity contribution in [3.63, 3.8) is 0 Å². The van der Waals surface area contributed by atoms with Crippen LogP contribution in [0.15, 0.2) is 41.0 Å². The third-order valence-corrected chi connectivity index (χ3v) is 3.23. The highest BCUT2D eigenvalue weighted by Gasteiger charge is 2.10. The monoisotopic (exact) mass is 323 g/mol. The van der Waals surface area contributed by atoms with Crippen molar-refractivity contribution in [3.05, 3.63) is 57.9 Å². The second-order valence-electron chi connectivity index (χ2n) is 4.34. The van der Waals surface area contributed by atoms with E-state index in [4.69, 9.17) is 5.73 Å². The van der Waals surface area contributed by atoms with E-state index in [0.717, 1.165) is 11.1 Å². The Kier molecular flexibility index (Phi) is 4.50. The number of nitrogens with two attached hydrogens (primary N) is 1. The fourth-order valence-corrected chi connectivity index (χ4v) is 2.20. The van der Waals surface area contributed by atoms with Crippen molar-refractivity contribution >= 4 is 21.7 Å². The fourth-order valence-electron chi connectivity index (χ4n) is 1.89. The lowest BCUT2D eigenvalue weighted by molar-refractivity contribution is 0.613. The molecule has 0 atom stereocenters. The van der Waals surface area contributed by atoms with Gasteiger partial charge in [-0.05, 0) is 33.1 Å². The average molecular weight is 324 g/mol. The Balaban J connectivity index is 2.17. The van der Waals surface area contributed by atoms with Gasteiger partial charge in [0, 0.05) is 30.8 Å². The zero-order chi connectivity index (χ0) is 13.8. The lowest BCUT2D eigenvalue weighted by atomic mass is 10.1. The van der Waals surface area contributed by atoms with Gasteiger partial charge in [-0.2, -0.15) is 0 Å². The molecule has 0 unspecified atom stereocenters. The van der Waals surface area contributed by atoms with Crippen molar-refractivity contribution in [1.29, 1.82) is 0 Å². The first-order valence-corrected chi connectivity index (χ1v) is 6.69. The van der Waals surface area contributed by atoms with Gasteiger partial charge in [-0.1, -0.05) is 24.3 Å². The Morgan fingerprint density at radius 1 is 1.32 bits per heavy atom. The summed E-state index contributed by atoms with van der Waals surface area (Å²) in [6, 6.07) is 9.35. The molecule has 2 aromatic rings. The van der Waals surface area contributed by atoms with Crippen molar-refractivity contribution in [1.82, 2.24) is 4.98 Å². The summed E-state index contributed by atoms with van der Waals surface area (Å²) in [5.74, 6) is -0.00629. The summed E-state index contributed by atoms with van der Waals surface area (Å²) in [4.78, 5) is 5.87. The van der Waals surface area contributed by atoms with E-state index in [9.17, 15) is 4.39 Å². The molecule has 0 saturated heterocycles. The quantitative estimate of drug-likeness (QED) is 0.940. The third kappa shape index (κ3) is 3.52. The van der Waals surface area contributed by atoms with Gasteiger partial charge >= 0.3 is 0 Å². The van der Waals surface area contributed by atoms with Gasteiger partial charge in [0.15, 0.2) is 11.6 Å². The summed E-state index contributed by atoms with van der Waals surface area (Å²) in [5.41, 5.74) is 7.75. The number of aromatic nitrogens is 1. The maximum atomic E-state index is 13.8. The second kappa shape index (κ2) is 6.12. The standard InChI is InChI=1S/C14H15BrFN3/c1-19(14-13(16)6-12(15)8-18-14)9-11-4-2-3-10(5-11)7-17/h2-6,8H,7,9,17H2,1H3. The van der Waals surface area contributed by atoms with E-state index < -0.39 is 0 Å². The van der Waals surface area contributed by atoms with Crippen LogP contribution in [0.4, 0.5) is 10.2 Å². The molecule has 0 spiro atoms. The van der Waals surface area contributed by atoms with E-state index in [1.54, 1.807) is 11.1 Å².